The number of nitrogen functional groups attached to an aromatic ring is 1. The van der Waals surface area contributed by atoms with E-state index in [-0.39, 0.29) is 17.3 Å². The SMILES string of the molecule is Cc1c(F)cccc1-c1ccc2nc(N)c(C(=O)N[C@@H]3C[C@@H]3F)n2c1. The Labute approximate surface area is 142 Å². The summed E-state index contributed by atoms with van der Waals surface area (Å²) in [6.07, 6.45) is 1.00. The minimum Gasteiger partial charge on any atom is -0.382 e. The van der Waals surface area contributed by atoms with Crippen LogP contribution in [0, 0.1) is 12.7 Å². The topological polar surface area (TPSA) is 72.4 Å². The highest BCUT2D eigenvalue weighted by molar-refractivity contribution is 5.98. The molecule has 0 radical (unpaired) electrons. The fraction of sp³-hybridized carbons (Fsp3) is 0.222. The third kappa shape index (κ3) is 2.61. The predicted octanol–water partition coefficient (Wildman–Crippen LogP) is 2.87. The van der Waals surface area contributed by atoms with Crippen LogP contribution in [0.3, 0.4) is 0 Å². The first-order chi connectivity index (χ1) is 12.0. The molecule has 4 rings (SSSR count). The third-order valence-corrected chi connectivity index (χ3v) is 4.47. The maximum atomic E-state index is 13.8. The number of hydrogen-bond acceptors (Lipinski definition) is 3. The first kappa shape index (κ1) is 15.6. The van der Waals surface area contributed by atoms with E-state index in [4.69, 9.17) is 5.73 Å². The minimum absolute atomic E-state index is 0.0710. The van der Waals surface area contributed by atoms with Crippen molar-refractivity contribution in [2.75, 3.05) is 5.73 Å². The fourth-order valence-corrected chi connectivity index (χ4v) is 2.92. The normalized spacial score (nSPS) is 19.2. The highest BCUT2D eigenvalue weighted by Crippen LogP contribution is 2.28. The van der Waals surface area contributed by atoms with Crippen LogP contribution in [0.1, 0.15) is 22.5 Å². The molecule has 0 spiro atoms. The lowest BCUT2D eigenvalue weighted by Gasteiger charge is -2.09. The minimum atomic E-state index is -1.00. The van der Waals surface area contributed by atoms with Gasteiger partial charge in [-0.25, -0.2) is 13.8 Å². The average molecular weight is 342 g/mol. The van der Waals surface area contributed by atoms with Gasteiger partial charge in [-0.05, 0) is 41.8 Å². The van der Waals surface area contributed by atoms with E-state index in [2.05, 4.69) is 10.3 Å². The van der Waals surface area contributed by atoms with Gasteiger partial charge in [-0.1, -0.05) is 12.1 Å². The number of benzene rings is 1. The summed E-state index contributed by atoms with van der Waals surface area (Å²) in [5, 5.41) is 2.60. The Kier molecular flexibility index (Phi) is 3.45. The van der Waals surface area contributed by atoms with Gasteiger partial charge >= 0.3 is 0 Å². The number of rotatable bonds is 3. The lowest BCUT2D eigenvalue weighted by atomic mass is 10.0. The Bertz CT molecular complexity index is 998. The fourth-order valence-electron chi connectivity index (χ4n) is 2.92. The highest BCUT2D eigenvalue weighted by atomic mass is 19.1. The van der Waals surface area contributed by atoms with Crippen LogP contribution in [-0.4, -0.2) is 27.5 Å². The van der Waals surface area contributed by atoms with Crippen molar-refractivity contribution in [1.82, 2.24) is 14.7 Å². The molecule has 1 aliphatic carbocycles. The van der Waals surface area contributed by atoms with Crippen molar-refractivity contribution in [3.63, 3.8) is 0 Å². The Hall–Kier alpha value is -2.96. The molecule has 2 aromatic heterocycles. The molecule has 0 unspecified atom stereocenters. The molecule has 1 fully saturated rings. The Morgan fingerprint density at radius 2 is 2.12 bits per heavy atom. The molecule has 1 saturated carbocycles. The van der Waals surface area contributed by atoms with Gasteiger partial charge in [0, 0.05) is 12.6 Å². The van der Waals surface area contributed by atoms with Gasteiger partial charge in [-0.15, -0.1) is 0 Å². The van der Waals surface area contributed by atoms with E-state index in [1.165, 1.54) is 6.07 Å². The number of carbonyl (C=O) groups is 1. The van der Waals surface area contributed by atoms with Gasteiger partial charge in [0.25, 0.3) is 5.91 Å². The van der Waals surface area contributed by atoms with Crippen LogP contribution < -0.4 is 11.1 Å². The molecule has 2 atom stereocenters. The second kappa shape index (κ2) is 5.54. The number of hydrogen-bond donors (Lipinski definition) is 2. The van der Waals surface area contributed by atoms with Crippen LogP contribution in [0.25, 0.3) is 16.8 Å². The van der Waals surface area contributed by atoms with Crippen molar-refractivity contribution in [2.45, 2.75) is 25.6 Å². The van der Waals surface area contributed by atoms with Crippen LogP contribution in [0.5, 0.6) is 0 Å². The summed E-state index contributed by atoms with van der Waals surface area (Å²) in [5.74, 6) is -0.701. The summed E-state index contributed by atoms with van der Waals surface area (Å²) in [5.41, 5.74) is 8.49. The largest absolute Gasteiger partial charge is 0.382 e. The van der Waals surface area contributed by atoms with Crippen molar-refractivity contribution in [2.24, 2.45) is 0 Å². The number of nitrogens with two attached hydrogens (primary N) is 1. The molecule has 2 heterocycles. The molecular weight excluding hydrogens is 326 g/mol. The van der Waals surface area contributed by atoms with Crippen LogP contribution in [0.4, 0.5) is 14.6 Å². The van der Waals surface area contributed by atoms with Gasteiger partial charge in [0.2, 0.25) is 0 Å². The third-order valence-electron chi connectivity index (χ3n) is 4.47. The van der Waals surface area contributed by atoms with Crippen molar-refractivity contribution < 1.29 is 13.6 Å². The lowest BCUT2D eigenvalue weighted by Crippen LogP contribution is -2.28. The number of nitrogens with one attached hydrogen (secondary N) is 1. The van der Waals surface area contributed by atoms with Gasteiger partial charge in [-0.2, -0.15) is 0 Å². The summed E-state index contributed by atoms with van der Waals surface area (Å²) in [6, 6.07) is 7.87. The number of imidazole rings is 1. The van der Waals surface area contributed by atoms with Crippen molar-refractivity contribution in [3.8, 4) is 11.1 Å². The number of anilines is 1. The quantitative estimate of drug-likeness (QED) is 0.769. The summed E-state index contributed by atoms with van der Waals surface area (Å²) in [6.45, 7) is 1.69. The number of aromatic nitrogens is 2. The van der Waals surface area contributed by atoms with Crippen LogP contribution in [0.15, 0.2) is 36.5 Å². The van der Waals surface area contributed by atoms with Gasteiger partial charge in [-0.3, -0.25) is 9.20 Å². The lowest BCUT2D eigenvalue weighted by molar-refractivity contribution is 0.0942. The smallest absolute Gasteiger partial charge is 0.272 e. The molecule has 1 amide bonds. The van der Waals surface area contributed by atoms with E-state index in [0.29, 0.717) is 23.2 Å². The predicted molar refractivity (Wildman–Crippen MR) is 90.5 cm³/mol. The standard InChI is InChI=1S/C18H16F2N4O/c1-9-11(3-2-4-12(9)19)10-5-6-15-23-17(21)16(24(15)8-10)18(25)22-14-7-13(14)20/h2-6,8,13-14H,7,21H2,1H3,(H,22,25)/t13-,14+/m0/s1. The van der Waals surface area contributed by atoms with E-state index in [9.17, 15) is 13.6 Å². The molecule has 3 N–H and O–H groups in total. The Balaban J connectivity index is 1.80. The molecule has 5 nitrogen and oxygen atoms in total. The number of nitrogens with zero attached hydrogens (tertiary/aromatic N) is 2. The number of alkyl halides is 1. The molecule has 3 aromatic rings. The van der Waals surface area contributed by atoms with Crippen molar-refractivity contribution in [1.29, 1.82) is 0 Å². The number of pyridine rings is 1. The van der Waals surface area contributed by atoms with E-state index in [1.54, 1.807) is 41.8 Å². The zero-order valence-electron chi connectivity index (χ0n) is 13.5. The second-order valence-corrected chi connectivity index (χ2v) is 6.24. The average Bonchev–Trinajstić information content (AvgIpc) is 3.15. The molecule has 1 aliphatic rings. The Morgan fingerprint density at radius 1 is 1.36 bits per heavy atom. The maximum absolute atomic E-state index is 13.8. The van der Waals surface area contributed by atoms with Gasteiger partial charge in [0.1, 0.15) is 17.6 Å². The van der Waals surface area contributed by atoms with E-state index >= 15 is 0 Å². The number of halogens is 2. The summed E-state index contributed by atoms with van der Waals surface area (Å²) < 4.78 is 28.4. The molecule has 25 heavy (non-hydrogen) atoms. The van der Waals surface area contributed by atoms with Crippen molar-refractivity contribution >= 4 is 17.4 Å². The van der Waals surface area contributed by atoms with Crippen LogP contribution in [-0.2, 0) is 0 Å². The zero-order valence-corrected chi connectivity index (χ0v) is 13.5. The van der Waals surface area contributed by atoms with Crippen LogP contribution >= 0.6 is 0 Å². The molecule has 128 valence electrons. The van der Waals surface area contributed by atoms with Gasteiger partial charge < -0.3 is 11.1 Å². The Morgan fingerprint density at radius 3 is 2.84 bits per heavy atom. The summed E-state index contributed by atoms with van der Waals surface area (Å²) in [4.78, 5) is 16.6. The summed E-state index contributed by atoms with van der Waals surface area (Å²) in [7, 11) is 0. The number of fused-ring (bicyclic) bond motifs is 1. The maximum Gasteiger partial charge on any atom is 0.272 e. The molecule has 1 aromatic carbocycles. The van der Waals surface area contributed by atoms with E-state index in [0.717, 1.165) is 5.56 Å². The van der Waals surface area contributed by atoms with E-state index < -0.39 is 18.1 Å². The highest BCUT2D eigenvalue weighted by Gasteiger charge is 2.39. The molecule has 0 saturated heterocycles. The van der Waals surface area contributed by atoms with E-state index in [1.807, 2.05) is 0 Å². The number of amides is 1. The van der Waals surface area contributed by atoms with Crippen LogP contribution in [0.2, 0.25) is 0 Å². The van der Waals surface area contributed by atoms with Gasteiger partial charge in [0.05, 0.1) is 6.04 Å². The van der Waals surface area contributed by atoms with Crippen molar-refractivity contribution in [3.05, 3.63) is 53.6 Å². The molecule has 7 heteroatoms. The molecule has 0 aliphatic heterocycles. The molecular formula is C18H16F2N4O. The first-order valence-corrected chi connectivity index (χ1v) is 7.93. The van der Waals surface area contributed by atoms with Gasteiger partial charge in [0.15, 0.2) is 11.5 Å². The molecule has 0 bridgehead atoms. The first-order valence-electron chi connectivity index (χ1n) is 7.93. The summed E-state index contributed by atoms with van der Waals surface area (Å²) >= 11 is 0. The second-order valence-electron chi connectivity index (χ2n) is 6.24. The monoisotopic (exact) mass is 342 g/mol. The zero-order chi connectivity index (χ0) is 17.7. The number of carbonyl (C=O) groups excluding carboxylic acids is 1.